The summed E-state index contributed by atoms with van der Waals surface area (Å²) >= 11 is 1.60. The molecule has 0 saturated carbocycles. The van der Waals surface area contributed by atoms with Crippen LogP contribution in [0.4, 0.5) is 0 Å². The van der Waals surface area contributed by atoms with Gasteiger partial charge in [-0.25, -0.2) is 0 Å². The molecule has 4 N–H and O–H groups in total. The quantitative estimate of drug-likeness (QED) is 0.0440. The van der Waals surface area contributed by atoms with Crippen molar-refractivity contribution < 1.29 is 48.1 Å². The number of carbonyl (C=O) groups excluding carboxylic acids is 7. The van der Waals surface area contributed by atoms with E-state index in [4.69, 9.17) is 15.2 Å². The Balaban J connectivity index is 0.000000758. The minimum atomic E-state index is -0.947. The molecule has 10 unspecified atom stereocenters. The van der Waals surface area contributed by atoms with Crippen LogP contribution >= 0.6 is 11.8 Å². The number of likely N-dealkylation sites (tertiary alicyclic amines) is 2. The number of thioether (sulfide) groups is 1. The summed E-state index contributed by atoms with van der Waals surface area (Å²) < 4.78 is 11.5. The van der Waals surface area contributed by atoms with Crippen LogP contribution in [0, 0.1) is 29.6 Å². The fourth-order valence-corrected chi connectivity index (χ4v) is 10.1. The van der Waals surface area contributed by atoms with Gasteiger partial charge in [0.2, 0.25) is 41.4 Å². The van der Waals surface area contributed by atoms with Gasteiger partial charge < -0.3 is 40.3 Å². The topological polar surface area (TPSA) is 209 Å². The molecule has 2 aliphatic heterocycles. The minimum Gasteiger partial charge on any atom is -0.386 e. The van der Waals surface area contributed by atoms with Crippen molar-refractivity contribution in [3.05, 3.63) is 37.0 Å². The molecule has 0 bridgehead atoms. The van der Waals surface area contributed by atoms with Gasteiger partial charge >= 0.3 is 0 Å². The first-order valence-corrected chi connectivity index (χ1v) is 26.4. The molecule has 0 radical (unpaired) electrons. The highest BCUT2D eigenvalue weighted by Crippen LogP contribution is 2.38. The molecule has 10 atom stereocenters. The summed E-state index contributed by atoms with van der Waals surface area (Å²) in [4.78, 5) is 95.1. The van der Waals surface area contributed by atoms with Gasteiger partial charge in [0.1, 0.15) is 6.04 Å². The summed E-state index contributed by atoms with van der Waals surface area (Å²) in [5.41, 5.74) is 5.95. The molecule has 7 amide bonds. The summed E-state index contributed by atoms with van der Waals surface area (Å²) in [7, 11) is 6.56. The molecule has 0 aliphatic carbocycles. The summed E-state index contributed by atoms with van der Waals surface area (Å²) in [5.74, 6) is -1.64. The van der Waals surface area contributed by atoms with E-state index >= 15 is 0 Å². The van der Waals surface area contributed by atoms with Crippen LogP contribution < -0.4 is 11.1 Å². The van der Waals surface area contributed by atoms with Crippen molar-refractivity contribution in [1.29, 1.82) is 0 Å². The number of nitrogens with one attached hydrogen (secondary N) is 1. The number of aliphatic hydroxyl groups is 1. The monoisotopic (exact) mass is 1000 g/mol. The second-order valence-corrected chi connectivity index (χ2v) is 21.9. The predicted molar refractivity (Wildman–Crippen MR) is 279 cm³/mol. The van der Waals surface area contributed by atoms with E-state index in [1.807, 2.05) is 52.7 Å². The van der Waals surface area contributed by atoms with Gasteiger partial charge in [0.15, 0.2) is 0 Å². The molecule has 0 aromatic heterocycles. The molecule has 70 heavy (non-hydrogen) atoms. The van der Waals surface area contributed by atoms with Gasteiger partial charge in [-0.15, -0.1) is 0 Å². The molecule has 0 aromatic carbocycles. The minimum absolute atomic E-state index is 0.0441. The number of nitrogens with zero attached hydrogens (tertiary/aromatic N) is 4. The van der Waals surface area contributed by atoms with Gasteiger partial charge in [-0.1, -0.05) is 92.7 Å². The number of hydrogen-bond acceptors (Lipinski definition) is 11. The smallest absolute Gasteiger partial charge is 0.240 e. The Morgan fingerprint density at radius 1 is 0.957 bits per heavy atom. The van der Waals surface area contributed by atoms with Crippen molar-refractivity contribution in [3.63, 3.8) is 0 Å². The molecular formula is C53H92N6O10S. The number of amides is 7. The van der Waals surface area contributed by atoms with E-state index in [0.29, 0.717) is 50.8 Å². The maximum Gasteiger partial charge on any atom is 0.240 e. The molecular weight excluding hydrogens is 913 g/mol. The van der Waals surface area contributed by atoms with Crippen molar-refractivity contribution in [2.75, 3.05) is 47.7 Å². The average molecular weight is 1010 g/mol. The summed E-state index contributed by atoms with van der Waals surface area (Å²) in [6.07, 6.45) is 10.3. The van der Waals surface area contributed by atoms with Crippen LogP contribution in [0.3, 0.4) is 0 Å². The lowest BCUT2D eigenvalue weighted by molar-refractivity contribution is -0.146. The van der Waals surface area contributed by atoms with Crippen LogP contribution in [-0.2, 0) is 43.0 Å². The second-order valence-electron chi connectivity index (χ2n) is 20.4. The number of hydrogen-bond donors (Lipinski definition) is 3. The largest absolute Gasteiger partial charge is 0.386 e. The zero-order chi connectivity index (χ0) is 53.8. The van der Waals surface area contributed by atoms with Crippen LogP contribution in [-0.4, -0.2) is 161 Å². The van der Waals surface area contributed by atoms with Crippen LogP contribution in [0.2, 0.25) is 0 Å². The lowest BCUT2D eigenvalue weighted by Crippen LogP contribution is -2.54. The summed E-state index contributed by atoms with van der Waals surface area (Å²) in [6, 6.07) is -1.71. The molecule has 2 saturated heterocycles. The Kier molecular flexibility index (Phi) is 28.1. The molecule has 2 aliphatic rings. The zero-order valence-electron chi connectivity index (χ0n) is 45.5. The maximum atomic E-state index is 13.8. The molecule has 0 spiro atoms. The first-order valence-electron chi connectivity index (χ1n) is 25.2. The lowest BCUT2D eigenvalue weighted by Gasteiger charge is -2.39. The number of primary amides is 1. The predicted octanol–water partition coefficient (Wildman–Crippen LogP) is 6.15. The van der Waals surface area contributed by atoms with Crippen molar-refractivity contribution in [1.82, 2.24) is 24.9 Å². The number of unbranched alkanes of at least 4 members (excludes halogenated alkanes) is 2. The summed E-state index contributed by atoms with van der Waals surface area (Å²) in [6.45, 7) is 27.8. The van der Waals surface area contributed by atoms with Crippen LogP contribution in [0.5, 0.6) is 0 Å². The van der Waals surface area contributed by atoms with Crippen LogP contribution in [0.1, 0.15) is 133 Å². The van der Waals surface area contributed by atoms with E-state index in [-0.39, 0.29) is 88.8 Å². The number of nitrogens with two attached hydrogens (primary N) is 1. The van der Waals surface area contributed by atoms with E-state index in [0.717, 1.165) is 19.3 Å². The van der Waals surface area contributed by atoms with Crippen molar-refractivity contribution in [2.45, 2.75) is 181 Å². The number of allylic oxidation sites excluding steroid dienone is 2. The first kappa shape index (κ1) is 64.0. The number of carbonyl (C=O) groups is 7. The molecule has 2 fully saturated rings. The Labute approximate surface area is 425 Å². The third-order valence-electron chi connectivity index (χ3n) is 14.2. The molecule has 2 rings (SSSR count). The lowest BCUT2D eigenvalue weighted by atomic mass is 9.90. The fourth-order valence-electron chi connectivity index (χ4n) is 9.59. The highest BCUT2D eigenvalue weighted by molar-refractivity contribution is 8.00. The van der Waals surface area contributed by atoms with E-state index in [2.05, 4.69) is 32.3 Å². The number of ether oxygens (including phenoxy) is 2. The number of rotatable bonds is 29. The zero-order valence-corrected chi connectivity index (χ0v) is 46.3. The highest BCUT2D eigenvalue weighted by Gasteiger charge is 2.46. The van der Waals surface area contributed by atoms with E-state index < -0.39 is 42.2 Å². The molecule has 16 nitrogen and oxygen atoms in total. The summed E-state index contributed by atoms with van der Waals surface area (Å²) in [5, 5.41) is 13.6. The van der Waals surface area contributed by atoms with Gasteiger partial charge in [-0.05, 0) is 76.0 Å². The van der Waals surface area contributed by atoms with Crippen molar-refractivity contribution in [3.8, 4) is 0 Å². The van der Waals surface area contributed by atoms with Crippen molar-refractivity contribution in [2.24, 2.45) is 35.3 Å². The Bertz CT molecular complexity index is 1790. The van der Waals surface area contributed by atoms with E-state index in [1.54, 1.807) is 71.0 Å². The Morgan fingerprint density at radius 3 is 2.09 bits per heavy atom. The normalized spacial score (nSPS) is 19.9. The van der Waals surface area contributed by atoms with E-state index in [1.165, 1.54) is 15.9 Å². The number of aliphatic hydroxyl groups excluding tert-OH is 1. The van der Waals surface area contributed by atoms with E-state index in [9.17, 15) is 38.7 Å². The van der Waals surface area contributed by atoms with Crippen molar-refractivity contribution >= 4 is 53.1 Å². The molecule has 400 valence electrons. The van der Waals surface area contributed by atoms with Gasteiger partial charge in [-0.3, -0.25) is 38.5 Å². The average Bonchev–Trinajstić information content (AvgIpc) is 3.90. The SMILES string of the molecule is C=C/C=C(\C=C)C(O)C(C)NC(=O)C(C)C(OC)C1CCCN1C(=O)CC(OC)C(C(C)CC)N(C)C(=O)CC(C)C.CSC(C)(C)C1CC(=O)N(CCCCCC(=O)N(C)C(C(N)=O)C(C)C)C1=O. The number of imide groups is 1. The molecule has 2 heterocycles. The maximum absolute atomic E-state index is 13.8. The first-order chi connectivity index (χ1) is 32.7. The third-order valence-corrected chi connectivity index (χ3v) is 15.6. The van der Waals surface area contributed by atoms with Gasteiger partial charge in [-0.2, -0.15) is 11.8 Å². The van der Waals surface area contributed by atoms with Gasteiger partial charge in [0.25, 0.3) is 0 Å². The standard InChI is InChI=1S/C33H57N3O6.C20H35N3O4S/c1-12-16-25(14-3)31(39)24(8)34-33(40)23(7)32(42-11)26-17-15-18-36(26)29(38)20-27(41-10)30(22(6)13-2)35(9)28(37)19-21(4)5;1-13(2)17(18(21)26)22(5)15(24)10-8-7-9-11-23-16(25)12-14(19(23)27)20(3,4)28-6/h12,14,16,21-24,26-27,30-32,39H,1,3,13,15,17-20H2,2,4-11H3,(H,34,40);13-14,17H,7-12H2,1-6H3,(H2,21,26)/b25-16+;. The second kappa shape index (κ2) is 30.7. The Morgan fingerprint density at radius 2 is 1.59 bits per heavy atom. The number of likely N-dealkylation sites (N-methyl/N-ethyl adjacent to an activating group) is 2. The van der Waals surface area contributed by atoms with Crippen LogP contribution in [0.25, 0.3) is 0 Å². The Hall–Kier alpha value is -4.06. The van der Waals surface area contributed by atoms with Gasteiger partial charge in [0.05, 0.1) is 54.7 Å². The van der Waals surface area contributed by atoms with Gasteiger partial charge in [0, 0.05) is 65.4 Å². The molecule has 0 aromatic rings. The third kappa shape index (κ3) is 18.2. The number of methoxy groups -OCH3 is 2. The molecule has 17 heteroatoms. The highest BCUT2D eigenvalue weighted by atomic mass is 32.2. The van der Waals surface area contributed by atoms with Crippen LogP contribution in [0.15, 0.2) is 37.0 Å². The fraction of sp³-hybridized carbons (Fsp3) is 0.755.